The monoisotopic (exact) mass is 396 g/mol. The molecule has 0 spiro atoms. The first-order valence-electron chi connectivity index (χ1n) is 9.53. The van der Waals surface area contributed by atoms with E-state index in [1.54, 1.807) is 0 Å². The fourth-order valence-electron chi connectivity index (χ4n) is 3.78. The minimum absolute atomic E-state index is 0.124. The predicted octanol–water partition coefficient (Wildman–Crippen LogP) is 4.09. The first kappa shape index (κ1) is 18.7. The molecule has 1 aromatic heterocycles. The lowest BCUT2D eigenvalue weighted by atomic mass is 9.97. The first-order chi connectivity index (χ1) is 13.5. The average molecular weight is 397 g/mol. The molecular formula is C22H24N2O3S. The highest BCUT2D eigenvalue weighted by Crippen LogP contribution is 2.35. The lowest BCUT2D eigenvalue weighted by Gasteiger charge is -2.18. The number of amides is 1. The molecule has 6 heteroatoms. The quantitative estimate of drug-likeness (QED) is 0.670. The zero-order valence-electron chi connectivity index (χ0n) is 16.7. The number of ether oxygens (including phenoxy) is 2. The molecule has 0 saturated carbocycles. The third-order valence-corrected chi connectivity index (χ3v) is 6.09. The van der Waals surface area contributed by atoms with Crippen molar-refractivity contribution >= 4 is 27.5 Å². The van der Waals surface area contributed by atoms with Gasteiger partial charge in [0.15, 0.2) is 16.3 Å². The third kappa shape index (κ3) is 3.44. The van der Waals surface area contributed by atoms with Crippen molar-refractivity contribution in [2.24, 2.45) is 4.99 Å². The molecule has 4 rings (SSSR count). The molecule has 0 radical (unpaired) electrons. The zero-order chi connectivity index (χ0) is 19.8. The number of hydrogen-bond donors (Lipinski definition) is 0. The second-order valence-electron chi connectivity index (χ2n) is 7.15. The number of aryl methyl sites for hydroxylation is 4. The summed E-state index contributed by atoms with van der Waals surface area (Å²) in [6.07, 6.45) is 0.318. The van der Waals surface area contributed by atoms with Crippen LogP contribution in [-0.4, -0.2) is 23.7 Å². The number of nitrogens with zero attached hydrogens (tertiary/aromatic N) is 2. The van der Waals surface area contributed by atoms with Gasteiger partial charge in [-0.1, -0.05) is 29.0 Å². The van der Waals surface area contributed by atoms with Crippen LogP contribution >= 0.6 is 11.3 Å². The number of hydrogen-bond acceptors (Lipinski definition) is 4. The van der Waals surface area contributed by atoms with E-state index in [1.807, 2.05) is 12.1 Å². The van der Waals surface area contributed by atoms with E-state index in [9.17, 15) is 4.79 Å². The Balaban J connectivity index is 1.73. The van der Waals surface area contributed by atoms with Gasteiger partial charge >= 0.3 is 0 Å². The van der Waals surface area contributed by atoms with Crippen molar-refractivity contribution in [1.29, 1.82) is 0 Å². The summed E-state index contributed by atoms with van der Waals surface area (Å²) in [7, 11) is 0. The topological polar surface area (TPSA) is 52.8 Å². The van der Waals surface area contributed by atoms with Crippen molar-refractivity contribution in [3.05, 3.63) is 51.3 Å². The van der Waals surface area contributed by atoms with Gasteiger partial charge in [0.1, 0.15) is 13.2 Å². The number of carbonyl (C=O) groups excluding carboxylic acids is 1. The van der Waals surface area contributed by atoms with Crippen molar-refractivity contribution in [1.82, 2.24) is 4.57 Å². The average Bonchev–Trinajstić information content (AvgIpc) is 2.98. The molecule has 0 saturated heterocycles. The normalized spacial score (nSPS) is 13.9. The summed E-state index contributed by atoms with van der Waals surface area (Å²) in [6, 6.07) is 8.21. The largest absolute Gasteiger partial charge is 0.486 e. The number of carbonyl (C=O) groups is 1. The summed E-state index contributed by atoms with van der Waals surface area (Å²) in [6.45, 7) is 10.1. The highest BCUT2D eigenvalue weighted by Gasteiger charge is 2.16. The van der Waals surface area contributed by atoms with Crippen LogP contribution in [0.4, 0.5) is 0 Å². The van der Waals surface area contributed by atoms with E-state index >= 15 is 0 Å². The summed E-state index contributed by atoms with van der Waals surface area (Å²) >= 11 is 1.51. The van der Waals surface area contributed by atoms with E-state index in [-0.39, 0.29) is 5.91 Å². The number of rotatable bonds is 3. The van der Waals surface area contributed by atoms with Gasteiger partial charge in [-0.05, 0) is 44.4 Å². The second-order valence-corrected chi connectivity index (χ2v) is 8.16. The molecule has 1 aliphatic heterocycles. The molecule has 3 aromatic rings. The van der Waals surface area contributed by atoms with Crippen LogP contribution in [0.2, 0.25) is 0 Å². The van der Waals surface area contributed by atoms with E-state index in [4.69, 9.17) is 9.47 Å². The summed E-state index contributed by atoms with van der Waals surface area (Å²) in [5.74, 6) is 1.38. The Morgan fingerprint density at radius 1 is 1.07 bits per heavy atom. The van der Waals surface area contributed by atoms with Crippen molar-refractivity contribution in [3.63, 3.8) is 0 Å². The molecule has 146 valence electrons. The second kappa shape index (κ2) is 7.43. The number of thiazole rings is 1. The van der Waals surface area contributed by atoms with Crippen LogP contribution in [0, 0.1) is 20.8 Å². The number of aromatic nitrogens is 1. The molecule has 0 bridgehead atoms. The number of benzene rings is 2. The van der Waals surface area contributed by atoms with E-state index < -0.39 is 0 Å². The standard InChI is InChI=1S/C22H24N2O3S/c1-5-24-17-11-18-19(27-7-6-26-18)12-20(17)28-22(24)23-21(25)10-16-14(3)8-13(2)9-15(16)4/h8-9,11-12H,5-7,10H2,1-4H3. The molecule has 0 unspecified atom stereocenters. The summed E-state index contributed by atoms with van der Waals surface area (Å²) in [4.78, 5) is 17.9. The molecule has 28 heavy (non-hydrogen) atoms. The van der Waals surface area contributed by atoms with Gasteiger partial charge in [0, 0.05) is 18.7 Å². The van der Waals surface area contributed by atoms with Gasteiger partial charge in [0.2, 0.25) is 0 Å². The summed E-state index contributed by atoms with van der Waals surface area (Å²) < 4.78 is 14.5. The molecule has 1 amide bonds. The Morgan fingerprint density at radius 3 is 2.36 bits per heavy atom. The van der Waals surface area contributed by atoms with Crippen LogP contribution in [0.3, 0.4) is 0 Å². The lowest BCUT2D eigenvalue weighted by Crippen LogP contribution is -2.17. The van der Waals surface area contributed by atoms with Crippen LogP contribution in [0.5, 0.6) is 11.5 Å². The minimum Gasteiger partial charge on any atom is -0.486 e. The molecule has 0 atom stereocenters. The van der Waals surface area contributed by atoms with Crippen LogP contribution in [-0.2, 0) is 17.8 Å². The van der Waals surface area contributed by atoms with Crippen molar-refractivity contribution < 1.29 is 14.3 Å². The first-order valence-corrected chi connectivity index (χ1v) is 10.3. The van der Waals surface area contributed by atoms with Crippen molar-refractivity contribution in [3.8, 4) is 11.5 Å². The highest BCUT2D eigenvalue weighted by atomic mass is 32.1. The lowest BCUT2D eigenvalue weighted by molar-refractivity contribution is -0.117. The molecule has 2 aromatic carbocycles. The molecule has 2 heterocycles. The minimum atomic E-state index is -0.124. The zero-order valence-corrected chi connectivity index (χ0v) is 17.5. The van der Waals surface area contributed by atoms with Crippen LogP contribution < -0.4 is 14.3 Å². The Labute approximate surface area is 168 Å². The maximum Gasteiger partial charge on any atom is 0.252 e. The van der Waals surface area contributed by atoms with Crippen molar-refractivity contribution in [2.75, 3.05) is 13.2 Å². The SMILES string of the molecule is CCn1c(=NC(=O)Cc2c(C)cc(C)cc2C)sc2cc3c(cc21)OCCO3. The maximum atomic E-state index is 12.7. The highest BCUT2D eigenvalue weighted by molar-refractivity contribution is 7.16. The van der Waals surface area contributed by atoms with Crippen molar-refractivity contribution in [2.45, 2.75) is 40.7 Å². The molecule has 1 aliphatic rings. The Hall–Kier alpha value is -2.60. The predicted molar refractivity (Wildman–Crippen MR) is 111 cm³/mol. The molecule has 0 aliphatic carbocycles. The van der Waals surface area contributed by atoms with Crippen LogP contribution in [0.25, 0.3) is 10.2 Å². The van der Waals surface area contributed by atoms with Gasteiger partial charge in [-0.2, -0.15) is 4.99 Å². The Morgan fingerprint density at radius 2 is 1.71 bits per heavy atom. The number of fused-ring (bicyclic) bond motifs is 2. The fraction of sp³-hybridized carbons (Fsp3) is 0.364. The van der Waals surface area contributed by atoms with Gasteiger partial charge in [0.25, 0.3) is 5.91 Å². The van der Waals surface area contributed by atoms with Gasteiger partial charge in [-0.3, -0.25) is 4.79 Å². The van der Waals surface area contributed by atoms with E-state index in [1.165, 1.54) is 16.9 Å². The Kier molecular flexibility index (Phi) is 4.98. The van der Waals surface area contributed by atoms with Crippen LogP contribution in [0.1, 0.15) is 29.2 Å². The molecule has 0 fully saturated rings. The third-order valence-electron chi connectivity index (χ3n) is 5.05. The summed E-state index contributed by atoms with van der Waals surface area (Å²) in [5, 5.41) is 0. The Bertz CT molecular complexity index is 1120. The smallest absolute Gasteiger partial charge is 0.252 e. The molecular weight excluding hydrogens is 372 g/mol. The molecule has 0 N–H and O–H groups in total. The fourth-order valence-corrected chi connectivity index (χ4v) is 4.90. The van der Waals surface area contributed by atoms with E-state index in [0.717, 1.165) is 45.0 Å². The van der Waals surface area contributed by atoms with E-state index in [2.05, 4.69) is 49.4 Å². The molecule has 5 nitrogen and oxygen atoms in total. The van der Waals surface area contributed by atoms with E-state index in [0.29, 0.717) is 24.4 Å². The van der Waals surface area contributed by atoms with Gasteiger partial charge in [0.05, 0.1) is 16.6 Å². The van der Waals surface area contributed by atoms with Gasteiger partial charge in [-0.15, -0.1) is 0 Å². The maximum absolute atomic E-state index is 12.7. The van der Waals surface area contributed by atoms with Gasteiger partial charge in [-0.25, -0.2) is 0 Å². The summed E-state index contributed by atoms with van der Waals surface area (Å²) in [5.41, 5.74) is 5.59. The van der Waals surface area contributed by atoms with Gasteiger partial charge < -0.3 is 14.0 Å². The van der Waals surface area contributed by atoms with Crippen LogP contribution in [0.15, 0.2) is 29.3 Å².